The summed E-state index contributed by atoms with van der Waals surface area (Å²) in [6.07, 6.45) is -0.930. The first kappa shape index (κ1) is 33.7. The van der Waals surface area contributed by atoms with Gasteiger partial charge in [-0.05, 0) is 47.9 Å². The number of guanidine groups is 1. The lowest BCUT2D eigenvalue weighted by molar-refractivity contribution is -0.0917. The van der Waals surface area contributed by atoms with E-state index in [1.807, 2.05) is 78.9 Å². The molecule has 2 heterocycles. The number of anilines is 1. The van der Waals surface area contributed by atoms with Gasteiger partial charge in [0.15, 0.2) is 5.96 Å². The topological polar surface area (TPSA) is 169 Å². The Balaban J connectivity index is 1.54. The van der Waals surface area contributed by atoms with Crippen LogP contribution < -0.4 is 26.2 Å². The van der Waals surface area contributed by atoms with Gasteiger partial charge in [0.1, 0.15) is 41.4 Å². The largest absolute Gasteiger partial charge is 0.695 e. The van der Waals surface area contributed by atoms with Gasteiger partial charge in [-0.25, -0.2) is 4.79 Å². The third-order valence-electron chi connectivity index (χ3n) is 7.98. The van der Waals surface area contributed by atoms with Gasteiger partial charge in [-0.3, -0.25) is 9.56 Å². The van der Waals surface area contributed by atoms with Crippen molar-refractivity contribution in [2.75, 3.05) is 33.2 Å². The van der Waals surface area contributed by atoms with Crippen LogP contribution in [-0.2, 0) is 24.2 Å². The van der Waals surface area contributed by atoms with Gasteiger partial charge < -0.3 is 30.0 Å². The standard InChI is InChI=1S/C33H36N5O8P/c1-21-19-38(32(39)37-30(21)36-31(34)35-2)29-18-27(46-47(40)41)28(45-29)20-44-33(22-8-6-5-7-9-22,23-10-14-25(42-3)15-11-23)24-12-16-26(43-4)17-13-24/h5-17,19,27-29H,18,20H2,1-4H3,(H3-,34,35,36,37,39,40,41)/p+1/t27-,28+,29+/m0/s1. The van der Waals surface area contributed by atoms with Crippen LogP contribution in [0, 0.1) is 6.92 Å². The van der Waals surface area contributed by atoms with Gasteiger partial charge in [-0.1, -0.05) is 54.6 Å². The molecule has 0 amide bonds. The fourth-order valence-electron chi connectivity index (χ4n) is 5.61. The van der Waals surface area contributed by atoms with Gasteiger partial charge in [-0.15, -0.1) is 9.42 Å². The average Bonchev–Trinajstić information content (AvgIpc) is 3.48. The monoisotopic (exact) mass is 662 g/mol. The Morgan fingerprint density at radius 3 is 2.15 bits per heavy atom. The maximum Gasteiger partial charge on any atom is 0.695 e. The van der Waals surface area contributed by atoms with Gasteiger partial charge in [-0.2, -0.15) is 4.98 Å². The lowest BCUT2D eigenvalue weighted by Crippen LogP contribution is -2.38. The molecular formula is C33H37N5O8P+. The molecule has 14 heteroatoms. The van der Waals surface area contributed by atoms with Gasteiger partial charge in [0.25, 0.3) is 0 Å². The van der Waals surface area contributed by atoms with E-state index >= 15 is 0 Å². The highest BCUT2D eigenvalue weighted by atomic mass is 31.1. The van der Waals surface area contributed by atoms with Crippen LogP contribution in [-0.4, -0.2) is 60.5 Å². The number of ether oxygens (including phenoxy) is 4. The van der Waals surface area contributed by atoms with E-state index < -0.39 is 38.0 Å². The summed E-state index contributed by atoms with van der Waals surface area (Å²) in [7, 11) is 1.71. The number of rotatable bonds is 12. The molecule has 246 valence electrons. The molecule has 4 atom stereocenters. The van der Waals surface area contributed by atoms with Crippen molar-refractivity contribution in [1.29, 1.82) is 0 Å². The Kier molecular flexibility index (Phi) is 10.6. The number of aromatic nitrogens is 2. The van der Waals surface area contributed by atoms with Crippen LogP contribution in [0.5, 0.6) is 11.5 Å². The van der Waals surface area contributed by atoms with Crippen LogP contribution in [0.4, 0.5) is 5.82 Å². The Morgan fingerprint density at radius 1 is 1.04 bits per heavy atom. The van der Waals surface area contributed by atoms with Crippen molar-refractivity contribution in [3.05, 3.63) is 118 Å². The third kappa shape index (κ3) is 7.35. The smallest absolute Gasteiger partial charge is 0.497 e. The van der Waals surface area contributed by atoms with Crippen LogP contribution in [0.3, 0.4) is 0 Å². The van der Waals surface area contributed by atoms with E-state index in [2.05, 4.69) is 15.3 Å². The van der Waals surface area contributed by atoms with Crippen LogP contribution in [0.2, 0.25) is 0 Å². The molecule has 13 nitrogen and oxygen atoms in total. The third-order valence-corrected chi connectivity index (χ3v) is 8.43. The van der Waals surface area contributed by atoms with Gasteiger partial charge in [0.2, 0.25) is 0 Å². The summed E-state index contributed by atoms with van der Waals surface area (Å²) in [6.45, 7) is 1.67. The second-order valence-electron chi connectivity index (χ2n) is 10.8. The van der Waals surface area contributed by atoms with E-state index in [4.69, 9.17) is 29.2 Å². The van der Waals surface area contributed by atoms with Gasteiger partial charge in [0, 0.05) is 29.8 Å². The number of hydrogen-bond acceptors (Lipinski definition) is 9. The lowest BCUT2D eigenvalue weighted by atomic mass is 9.80. The highest BCUT2D eigenvalue weighted by Crippen LogP contribution is 2.43. The quantitative estimate of drug-likeness (QED) is 0.0858. The predicted molar refractivity (Wildman–Crippen MR) is 176 cm³/mol. The van der Waals surface area contributed by atoms with Crippen LogP contribution in [0.25, 0.3) is 0 Å². The molecule has 4 aromatic rings. The molecule has 0 saturated carbocycles. The number of aryl methyl sites for hydroxylation is 1. The normalized spacial score (nSPS) is 18.5. The average molecular weight is 663 g/mol. The number of benzene rings is 3. The molecule has 1 fully saturated rings. The molecule has 5 rings (SSSR count). The van der Waals surface area contributed by atoms with Gasteiger partial charge >= 0.3 is 13.9 Å². The van der Waals surface area contributed by atoms with E-state index in [1.165, 1.54) is 11.6 Å². The summed E-state index contributed by atoms with van der Waals surface area (Å²) in [6, 6.07) is 24.8. The molecule has 0 aliphatic carbocycles. The first-order chi connectivity index (χ1) is 22.7. The van der Waals surface area contributed by atoms with E-state index in [0.29, 0.717) is 17.1 Å². The Morgan fingerprint density at radius 2 is 1.62 bits per heavy atom. The zero-order valence-corrected chi connectivity index (χ0v) is 27.3. The molecule has 1 aliphatic rings. The Labute approximate surface area is 272 Å². The summed E-state index contributed by atoms with van der Waals surface area (Å²) >= 11 is 0. The van der Waals surface area contributed by atoms with Crippen molar-refractivity contribution >= 4 is 20.0 Å². The van der Waals surface area contributed by atoms with Crippen molar-refractivity contribution in [2.45, 2.75) is 37.4 Å². The van der Waals surface area contributed by atoms with Crippen LogP contribution >= 0.6 is 8.25 Å². The molecule has 1 saturated heterocycles. The minimum atomic E-state index is -2.99. The fraction of sp³-hybridized carbons (Fsp3) is 0.303. The van der Waals surface area contributed by atoms with E-state index in [-0.39, 0.29) is 24.8 Å². The van der Waals surface area contributed by atoms with Crippen molar-refractivity contribution in [3.63, 3.8) is 0 Å². The second kappa shape index (κ2) is 14.8. The number of methoxy groups -OCH3 is 2. The Hall–Kier alpha value is -4.65. The summed E-state index contributed by atoms with van der Waals surface area (Å²) in [5, 5.41) is 2.79. The van der Waals surface area contributed by atoms with E-state index in [1.54, 1.807) is 27.3 Å². The van der Waals surface area contributed by atoms with Crippen molar-refractivity contribution in [2.24, 2.45) is 10.7 Å². The summed E-state index contributed by atoms with van der Waals surface area (Å²) in [5.74, 6) is 1.70. The van der Waals surface area contributed by atoms with Crippen molar-refractivity contribution in [1.82, 2.24) is 9.55 Å². The fourth-order valence-corrected chi connectivity index (χ4v) is 6.06. The van der Waals surface area contributed by atoms with E-state index in [0.717, 1.165) is 16.7 Å². The predicted octanol–water partition coefficient (Wildman–Crippen LogP) is 4.26. The van der Waals surface area contributed by atoms with Crippen molar-refractivity contribution in [3.8, 4) is 11.5 Å². The molecule has 0 spiro atoms. The minimum Gasteiger partial charge on any atom is -0.497 e. The highest BCUT2D eigenvalue weighted by molar-refractivity contribution is 7.32. The molecule has 1 aliphatic heterocycles. The molecule has 47 heavy (non-hydrogen) atoms. The zero-order chi connectivity index (χ0) is 33.6. The summed E-state index contributed by atoms with van der Waals surface area (Å²) in [4.78, 5) is 30.8. The number of nitrogens with one attached hydrogen (secondary N) is 1. The number of aliphatic imine (C=N–C) groups is 1. The van der Waals surface area contributed by atoms with Crippen LogP contribution in [0.1, 0.15) is 34.9 Å². The maximum absolute atomic E-state index is 13.1. The second-order valence-corrected chi connectivity index (χ2v) is 11.4. The number of nitrogens with two attached hydrogens (primary N) is 1. The number of hydrogen-bond donors (Lipinski definition) is 3. The lowest BCUT2D eigenvalue weighted by Gasteiger charge is -2.37. The maximum atomic E-state index is 13.1. The van der Waals surface area contributed by atoms with Crippen LogP contribution in [0.15, 0.2) is 94.8 Å². The highest BCUT2D eigenvalue weighted by Gasteiger charge is 2.46. The molecule has 3 aromatic carbocycles. The minimum absolute atomic E-state index is 0.0818. The zero-order valence-electron chi connectivity index (χ0n) is 26.4. The Bertz CT molecular complexity index is 1720. The molecular weight excluding hydrogens is 625 g/mol. The summed E-state index contributed by atoms with van der Waals surface area (Å²) < 4.78 is 42.8. The molecule has 4 N–H and O–H groups in total. The van der Waals surface area contributed by atoms with Crippen molar-refractivity contribution < 1.29 is 32.9 Å². The first-order valence-corrected chi connectivity index (χ1v) is 15.9. The SMILES string of the molecule is CN=C(N)Nc1nc(=O)n([C@H]2C[C@H](O[P+](=O)O)[C@@H](COC(c3ccccc3)(c3ccc(OC)cc3)c3ccc(OC)cc3)O2)cc1C. The number of nitrogens with zero attached hydrogens (tertiary/aromatic N) is 3. The van der Waals surface area contributed by atoms with E-state index in [9.17, 15) is 14.3 Å². The van der Waals surface area contributed by atoms with Gasteiger partial charge in [0.05, 0.1) is 20.8 Å². The molecule has 0 bridgehead atoms. The molecule has 0 radical (unpaired) electrons. The first-order valence-electron chi connectivity index (χ1n) is 14.7. The molecule has 1 unspecified atom stereocenters. The summed E-state index contributed by atoms with van der Waals surface area (Å²) in [5.41, 5.74) is 6.99. The molecule has 1 aromatic heterocycles.